The van der Waals surface area contributed by atoms with Crippen LogP contribution in [0.15, 0.2) is 54.6 Å². The summed E-state index contributed by atoms with van der Waals surface area (Å²) in [7, 11) is 0. The number of rotatable bonds is 10. The van der Waals surface area contributed by atoms with Crippen molar-refractivity contribution >= 4 is 17.6 Å². The number of carbonyl (C=O) groups is 2. The van der Waals surface area contributed by atoms with Gasteiger partial charge >= 0.3 is 5.97 Å². The minimum Gasteiger partial charge on any atom is -0.493 e. The van der Waals surface area contributed by atoms with Crippen molar-refractivity contribution in [3.05, 3.63) is 82.4 Å². The van der Waals surface area contributed by atoms with Gasteiger partial charge in [-0.15, -0.1) is 0 Å². The monoisotopic (exact) mass is 543 g/mol. The van der Waals surface area contributed by atoms with Crippen molar-refractivity contribution in [1.29, 1.82) is 0 Å². The van der Waals surface area contributed by atoms with Crippen LogP contribution < -0.4 is 10.1 Å². The lowest BCUT2D eigenvalue weighted by Gasteiger charge is -2.30. The second-order valence-corrected chi connectivity index (χ2v) is 11.6. The summed E-state index contributed by atoms with van der Waals surface area (Å²) in [6, 6.07) is 18.3. The second kappa shape index (κ2) is 12.7. The second-order valence-electron chi connectivity index (χ2n) is 11.6. The predicted octanol–water partition coefficient (Wildman–Crippen LogP) is 7.59. The van der Waals surface area contributed by atoms with E-state index in [1.165, 1.54) is 5.56 Å². The number of amides is 1. The molecule has 1 atom stereocenters. The maximum absolute atomic E-state index is 13.0. The number of carboxylic acids is 1. The molecule has 2 N–H and O–H groups in total. The number of aryl methyl sites for hydroxylation is 3. The number of hydrogen-bond donors (Lipinski definition) is 2. The highest BCUT2D eigenvalue weighted by Gasteiger charge is 2.32. The first-order chi connectivity index (χ1) is 19.0. The van der Waals surface area contributed by atoms with Crippen molar-refractivity contribution in [2.45, 2.75) is 84.8 Å². The van der Waals surface area contributed by atoms with E-state index in [4.69, 9.17) is 9.47 Å². The van der Waals surface area contributed by atoms with Crippen molar-refractivity contribution < 1.29 is 24.2 Å². The molecule has 0 bridgehead atoms. The molecule has 0 radical (unpaired) electrons. The molecule has 1 aliphatic heterocycles. The molecule has 1 heterocycles. The van der Waals surface area contributed by atoms with E-state index < -0.39 is 17.7 Å². The van der Waals surface area contributed by atoms with Gasteiger partial charge in [-0.1, -0.05) is 36.4 Å². The maximum atomic E-state index is 13.0. The zero-order valence-corrected chi connectivity index (χ0v) is 24.3. The number of ether oxygens (including phenoxy) is 2. The number of anilines is 1. The first-order valence-electron chi connectivity index (χ1n) is 14.2. The lowest BCUT2D eigenvalue weighted by Crippen LogP contribution is -2.28. The molecular formula is C34H41NO5. The maximum Gasteiger partial charge on any atom is 0.337 e. The molecule has 6 nitrogen and oxygen atoms in total. The molecule has 0 aromatic heterocycles. The molecule has 0 saturated heterocycles. The molecule has 212 valence electrons. The number of aliphatic carboxylic acids is 1. The van der Waals surface area contributed by atoms with Crippen LogP contribution in [0.25, 0.3) is 11.1 Å². The van der Waals surface area contributed by atoms with Gasteiger partial charge in [0.15, 0.2) is 6.10 Å². The molecule has 1 aliphatic rings. The fourth-order valence-electron chi connectivity index (χ4n) is 5.36. The lowest BCUT2D eigenvalue weighted by molar-refractivity contribution is -0.160. The Balaban J connectivity index is 1.65. The van der Waals surface area contributed by atoms with Crippen LogP contribution in [0.4, 0.5) is 5.69 Å². The summed E-state index contributed by atoms with van der Waals surface area (Å²) >= 11 is 0. The Bertz CT molecular complexity index is 1360. The van der Waals surface area contributed by atoms with Crippen molar-refractivity contribution in [3.63, 3.8) is 0 Å². The number of unbranched alkanes of at least 4 members (excludes halogenated alkanes) is 1. The standard InChI is InChI=1S/C34H41NO5/c1-22-20-27(35-29(36)16-10-9-14-24-12-7-6-8-13-24)23(2)31(32(33(37)38)40-34(3,4)5)30(22)26-17-18-28-25(21-26)15-11-19-39-28/h6-8,12-13,17-18,20-21,32H,9-11,14-16,19H2,1-5H3,(H,35,36)(H,37,38). The van der Waals surface area contributed by atoms with Gasteiger partial charge in [0.1, 0.15) is 5.75 Å². The third kappa shape index (κ3) is 7.30. The summed E-state index contributed by atoms with van der Waals surface area (Å²) in [6.07, 6.45) is 3.67. The van der Waals surface area contributed by atoms with Crippen LogP contribution in [0.3, 0.4) is 0 Å². The van der Waals surface area contributed by atoms with Gasteiger partial charge in [-0.2, -0.15) is 0 Å². The van der Waals surface area contributed by atoms with Crippen molar-refractivity contribution in [2.75, 3.05) is 11.9 Å². The highest BCUT2D eigenvalue weighted by Crippen LogP contribution is 2.42. The highest BCUT2D eigenvalue weighted by molar-refractivity contribution is 5.94. The Hall–Kier alpha value is -3.64. The number of fused-ring (bicyclic) bond motifs is 1. The van der Waals surface area contributed by atoms with Crippen molar-refractivity contribution in [1.82, 2.24) is 0 Å². The third-order valence-corrected chi connectivity index (χ3v) is 7.22. The van der Waals surface area contributed by atoms with Gasteiger partial charge < -0.3 is 19.9 Å². The van der Waals surface area contributed by atoms with Gasteiger partial charge in [-0.05, 0) is 118 Å². The smallest absolute Gasteiger partial charge is 0.337 e. The van der Waals surface area contributed by atoms with E-state index in [0.29, 0.717) is 29.8 Å². The normalized spacial score (nSPS) is 13.7. The number of hydrogen-bond acceptors (Lipinski definition) is 4. The quantitative estimate of drug-likeness (QED) is 0.257. The molecule has 3 aromatic rings. The summed E-state index contributed by atoms with van der Waals surface area (Å²) in [4.78, 5) is 25.6. The van der Waals surface area contributed by atoms with Crippen LogP contribution >= 0.6 is 0 Å². The number of benzene rings is 3. The van der Waals surface area contributed by atoms with E-state index in [-0.39, 0.29) is 5.91 Å². The average Bonchev–Trinajstić information content (AvgIpc) is 2.91. The molecule has 4 rings (SSSR count). The molecule has 1 unspecified atom stereocenters. The first kappa shape index (κ1) is 29.3. The summed E-state index contributed by atoms with van der Waals surface area (Å²) < 4.78 is 12.0. The summed E-state index contributed by atoms with van der Waals surface area (Å²) in [6.45, 7) is 10.1. The first-order valence-corrected chi connectivity index (χ1v) is 14.2. The summed E-state index contributed by atoms with van der Waals surface area (Å²) in [5.74, 6) is -0.268. The van der Waals surface area contributed by atoms with E-state index in [0.717, 1.165) is 60.1 Å². The Morgan fingerprint density at radius 3 is 2.50 bits per heavy atom. The molecular weight excluding hydrogens is 502 g/mol. The van der Waals surface area contributed by atoms with Gasteiger partial charge in [0.25, 0.3) is 0 Å². The minimum absolute atomic E-state index is 0.0798. The molecule has 0 spiro atoms. The molecule has 0 saturated carbocycles. The Kier molecular flexibility index (Phi) is 9.31. The Labute approximate surface area is 237 Å². The van der Waals surface area contributed by atoms with Crippen LogP contribution in [0, 0.1) is 13.8 Å². The minimum atomic E-state index is -1.20. The van der Waals surface area contributed by atoms with Crippen LogP contribution in [0.5, 0.6) is 5.75 Å². The SMILES string of the molecule is Cc1cc(NC(=O)CCCCc2ccccc2)c(C)c(C(OC(C)(C)C)C(=O)O)c1-c1ccc2c(c1)CCCO2. The van der Waals surface area contributed by atoms with Crippen LogP contribution in [-0.4, -0.2) is 29.2 Å². The molecule has 6 heteroatoms. The largest absolute Gasteiger partial charge is 0.493 e. The Morgan fingerprint density at radius 2 is 1.80 bits per heavy atom. The van der Waals surface area contributed by atoms with Gasteiger partial charge in [0, 0.05) is 17.7 Å². The van der Waals surface area contributed by atoms with E-state index in [1.54, 1.807) is 0 Å². The van der Waals surface area contributed by atoms with Crippen LogP contribution in [0.1, 0.15) is 80.4 Å². The van der Waals surface area contributed by atoms with E-state index in [2.05, 4.69) is 23.5 Å². The van der Waals surface area contributed by atoms with Crippen molar-refractivity contribution in [2.24, 2.45) is 0 Å². The fourth-order valence-corrected chi connectivity index (χ4v) is 5.36. The summed E-state index contributed by atoms with van der Waals surface area (Å²) in [5, 5.41) is 13.4. The number of carbonyl (C=O) groups excluding carboxylic acids is 1. The summed E-state index contributed by atoms with van der Waals surface area (Å²) in [5.41, 5.74) is 6.19. The predicted molar refractivity (Wildman–Crippen MR) is 159 cm³/mol. The Morgan fingerprint density at radius 1 is 1.05 bits per heavy atom. The van der Waals surface area contributed by atoms with Crippen molar-refractivity contribution in [3.8, 4) is 16.9 Å². The average molecular weight is 544 g/mol. The van der Waals surface area contributed by atoms with E-state index in [9.17, 15) is 14.7 Å². The molecule has 0 fully saturated rings. The molecule has 0 aliphatic carbocycles. The van der Waals surface area contributed by atoms with E-state index >= 15 is 0 Å². The zero-order chi connectivity index (χ0) is 28.9. The van der Waals surface area contributed by atoms with Gasteiger partial charge in [-0.3, -0.25) is 4.79 Å². The molecule has 1 amide bonds. The number of carboxylic acid groups (broad SMARTS) is 1. The zero-order valence-electron chi connectivity index (χ0n) is 24.3. The third-order valence-electron chi connectivity index (χ3n) is 7.22. The van der Waals surface area contributed by atoms with Gasteiger partial charge in [0.2, 0.25) is 5.91 Å². The van der Waals surface area contributed by atoms with Crippen LogP contribution in [-0.2, 0) is 27.2 Å². The topological polar surface area (TPSA) is 84.9 Å². The van der Waals surface area contributed by atoms with Crippen LogP contribution in [0.2, 0.25) is 0 Å². The lowest BCUT2D eigenvalue weighted by atomic mass is 9.86. The fraction of sp³-hybridized carbons (Fsp3) is 0.412. The highest BCUT2D eigenvalue weighted by atomic mass is 16.5. The van der Waals surface area contributed by atoms with Gasteiger partial charge in [0.05, 0.1) is 12.2 Å². The van der Waals surface area contributed by atoms with E-state index in [1.807, 2.05) is 71.0 Å². The van der Waals surface area contributed by atoms with Gasteiger partial charge in [-0.25, -0.2) is 4.79 Å². The number of nitrogens with one attached hydrogen (secondary N) is 1. The molecule has 3 aromatic carbocycles. The molecule has 40 heavy (non-hydrogen) atoms.